The number of nitrogens with one attached hydrogen (secondary N) is 1. The summed E-state index contributed by atoms with van der Waals surface area (Å²) in [6, 6.07) is 6.38. The Labute approximate surface area is 192 Å². The number of β-amino-alcohol motifs (C(OH)–C–C–N with tert-alkyl or cyclic N) is 1. The van der Waals surface area contributed by atoms with E-state index in [1.165, 1.54) is 11.9 Å². The Bertz CT molecular complexity index is 958. The summed E-state index contributed by atoms with van der Waals surface area (Å²) in [5.74, 6) is 0.821. The number of rotatable bonds is 7. The van der Waals surface area contributed by atoms with Gasteiger partial charge in [0.05, 0.1) is 25.1 Å². The van der Waals surface area contributed by atoms with Crippen LogP contribution in [0.15, 0.2) is 35.4 Å². The van der Waals surface area contributed by atoms with Gasteiger partial charge in [-0.05, 0) is 17.5 Å². The van der Waals surface area contributed by atoms with Gasteiger partial charge in [0, 0.05) is 30.7 Å². The first-order valence-electron chi connectivity index (χ1n) is 10.5. The number of hydrogen-bond acceptors (Lipinski definition) is 7. The Morgan fingerprint density at radius 1 is 1.34 bits per heavy atom. The van der Waals surface area contributed by atoms with Crippen molar-refractivity contribution in [3.05, 3.63) is 36.2 Å². The van der Waals surface area contributed by atoms with E-state index in [1.807, 2.05) is 45.0 Å². The summed E-state index contributed by atoms with van der Waals surface area (Å²) in [5, 5.41) is 21.2. The minimum absolute atomic E-state index is 0.120. The van der Waals surface area contributed by atoms with Gasteiger partial charge in [0.15, 0.2) is 0 Å². The molecule has 2 heterocycles. The number of likely N-dealkylation sites (tertiary alicyclic amines) is 1. The van der Waals surface area contributed by atoms with E-state index in [9.17, 15) is 14.7 Å². The fourth-order valence-corrected chi connectivity index (χ4v) is 4.81. The van der Waals surface area contributed by atoms with Gasteiger partial charge in [-0.15, -0.1) is 16.9 Å². The molecule has 10 heteroatoms. The van der Waals surface area contributed by atoms with E-state index >= 15 is 0 Å². The predicted molar refractivity (Wildman–Crippen MR) is 121 cm³/mol. The van der Waals surface area contributed by atoms with Gasteiger partial charge in [-0.2, -0.15) is 0 Å². The molecule has 1 aliphatic rings. The summed E-state index contributed by atoms with van der Waals surface area (Å²) in [4.78, 5) is 28.3. The van der Waals surface area contributed by atoms with Crippen molar-refractivity contribution >= 4 is 23.6 Å². The number of carbonyl (C=O) groups is 2. The van der Waals surface area contributed by atoms with Gasteiger partial charge in [0.1, 0.15) is 17.8 Å². The lowest BCUT2D eigenvalue weighted by Crippen LogP contribution is -2.49. The largest absolute Gasteiger partial charge is 0.496 e. The van der Waals surface area contributed by atoms with Crippen molar-refractivity contribution < 1.29 is 19.4 Å². The summed E-state index contributed by atoms with van der Waals surface area (Å²) in [5.41, 5.74) is 0.241. The maximum atomic E-state index is 13.6. The van der Waals surface area contributed by atoms with Crippen molar-refractivity contribution in [2.24, 2.45) is 5.41 Å². The number of likely N-dealkylation sites (N-methyl/N-ethyl adjacent to an activating group) is 1. The molecule has 3 atom stereocenters. The molecule has 3 rings (SSSR count). The van der Waals surface area contributed by atoms with Crippen molar-refractivity contribution in [1.29, 1.82) is 0 Å². The SMILES string of the molecule is CNC(=O)[C@H]1CC(O)CN1C(=O)C(n1cc(CSc2ccccc2OC)nn1)C(C)(C)C. The van der Waals surface area contributed by atoms with Crippen LogP contribution in [0.5, 0.6) is 5.75 Å². The first-order valence-corrected chi connectivity index (χ1v) is 11.5. The molecular weight excluding hydrogens is 430 g/mol. The number of nitrogens with zero attached hydrogens (tertiary/aromatic N) is 4. The minimum Gasteiger partial charge on any atom is -0.496 e. The van der Waals surface area contributed by atoms with Crippen LogP contribution < -0.4 is 10.1 Å². The van der Waals surface area contributed by atoms with E-state index in [2.05, 4.69) is 15.6 Å². The van der Waals surface area contributed by atoms with Gasteiger partial charge in [-0.25, -0.2) is 4.68 Å². The summed E-state index contributed by atoms with van der Waals surface area (Å²) in [6.07, 6.45) is 1.27. The molecule has 2 aromatic rings. The molecule has 0 aliphatic carbocycles. The zero-order valence-corrected chi connectivity index (χ0v) is 19.9. The Hall–Kier alpha value is -2.59. The molecule has 0 radical (unpaired) electrons. The Morgan fingerprint density at radius 2 is 2.06 bits per heavy atom. The van der Waals surface area contributed by atoms with Gasteiger partial charge in [0.25, 0.3) is 0 Å². The van der Waals surface area contributed by atoms with Crippen LogP contribution in [0.3, 0.4) is 0 Å². The molecule has 0 bridgehead atoms. The molecule has 32 heavy (non-hydrogen) atoms. The third-order valence-corrected chi connectivity index (χ3v) is 6.52. The van der Waals surface area contributed by atoms with Crippen LogP contribution >= 0.6 is 11.8 Å². The number of para-hydroxylation sites is 1. The first kappa shape index (κ1) is 24.1. The smallest absolute Gasteiger partial charge is 0.248 e. The van der Waals surface area contributed by atoms with Crippen LogP contribution in [-0.2, 0) is 15.3 Å². The highest BCUT2D eigenvalue weighted by molar-refractivity contribution is 7.98. The average Bonchev–Trinajstić information content (AvgIpc) is 3.37. The minimum atomic E-state index is -0.731. The quantitative estimate of drug-likeness (QED) is 0.606. The maximum absolute atomic E-state index is 13.6. The fraction of sp³-hybridized carbons (Fsp3) is 0.545. The number of aromatic nitrogens is 3. The summed E-state index contributed by atoms with van der Waals surface area (Å²) in [6.45, 7) is 5.96. The molecule has 174 valence electrons. The van der Waals surface area contributed by atoms with Crippen LogP contribution in [0.4, 0.5) is 0 Å². The maximum Gasteiger partial charge on any atom is 0.248 e. The van der Waals surface area contributed by atoms with Gasteiger partial charge >= 0.3 is 0 Å². The Morgan fingerprint density at radius 3 is 2.72 bits per heavy atom. The van der Waals surface area contributed by atoms with E-state index in [0.29, 0.717) is 5.75 Å². The van der Waals surface area contributed by atoms with Gasteiger partial charge in [-0.3, -0.25) is 9.59 Å². The highest BCUT2D eigenvalue weighted by Gasteiger charge is 2.44. The highest BCUT2D eigenvalue weighted by Crippen LogP contribution is 2.35. The number of carbonyl (C=O) groups excluding carboxylic acids is 2. The van der Waals surface area contributed by atoms with Gasteiger partial charge in [0.2, 0.25) is 11.8 Å². The van der Waals surface area contributed by atoms with Crippen molar-refractivity contribution in [2.45, 2.75) is 56.0 Å². The zero-order valence-electron chi connectivity index (χ0n) is 19.1. The van der Waals surface area contributed by atoms with Crippen LogP contribution in [0.2, 0.25) is 0 Å². The number of aliphatic hydroxyl groups is 1. The molecule has 2 N–H and O–H groups in total. The molecule has 0 saturated carbocycles. The number of hydrogen-bond donors (Lipinski definition) is 2. The van der Waals surface area contributed by atoms with Crippen LogP contribution in [0.25, 0.3) is 0 Å². The van der Waals surface area contributed by atoms with Gasteiger partial charge < -0.3 is 20.1 Å². The van der Waals surface area contributed by atoms with Gasteiger partial charge in [-0.1, -0.05) is 38.1 Å². The third-order valence-electron chi connectivity index (χ3n) is 5.43. The second-order valence-electron chi connectivity index (χ2n) is 8.91. The molecule has 2 unspecified atom stereocenters. The normalized spacial score (nSPS) is 19.6. The lowest BCUT2D eigenvalue weighted by molar-refractivity contribution is -0.144. The summed E-state index contributed by atoms with van der Waals surface area (Å²) in [7, 11) is 3.16. The molecule has 0 spiro atoms. The highest BCUT2D eigenvalue weighted by atomic mass is 32.2. The Balaban J connectivity index is 1.81. The predicted octanol–water partition coefficient (Wildman–Crippen LogP) is 1.87. The van der Waals surface area contributed by atoms with Crippen molar-refractivity contribution in [2.75, 3.05) is 20.7 Å². The van der Waals surface area contributed by atoms with Crippen molar-refractivity contribution in [3.8, 4) is 5.75 Å². The van der Waals surface area contributed by atoms with E-state index in [-0.39, 0.29) is 24.8 Å². The third kappa shape index (κ3) is 5.24. The van der Waals surface area contributed by atoms with Crippen LogP contribution in [-0.4, -0.2) is 69.7 Å². The molecule has 9 nitrogen and oxygen atoms in total. The topological polar surface area (TPSA) is 110 Å². The first-order chi connectivity index (χ1) is 15.2. The van der Waals surface area contributed by atoms with E-state index in [4.69, 9.17) is 4.74 Å². The summed E-state index contributed by atoms with van der Waals surface area (Å²) >= 11 is 1.58. The molecule has 1 fully saturated rings. The lowest BCUT2D eigenvalue weighted by Gasteiger charge is -2.34. The van der Waals surface area contributed by atoms with Crippen LogP contribution in [0.1, 0.15) is 38.9 Å². The average molecular weight is 462 g/mol. The van der Waals surface area contributed by atoms with Crippen molar-refractivity contribution in [3.63, 3.8) is 0 Å². The Kier molecular flexibility index (Phi) is 7.45. The van der Waals surface area contributed by atoms with E-state index in [1.54, 1.807) is 29.8 Å². The fourth-order valence-electron chi connectivity index (χ4n) is 3.91. The lowest BCUT2D eigenvalue weighted by atomic mass is 9.85. The number of benzene rings is 1. The van der Waals surface area contributed by atoms with Crippen LogP contribution in [0, 0.1) is 5.41 Å². The molecule has 1 aromatic carbocycles. The number of methoxy groups -OCH3 is 1. The monoisotopic (exact) mass is 461 g/mol. The molecule has 1 saturated heterocycles. The number of ether oxygens (including phenoxy) is 1. The number of amides is 2. The second-order valence-corrected chi connectivity index (χ2v) is 9.93. The molecule has 1 aromatic heterocycles. The second kappa shape index (κ2) is 9.91. The molecule has 1 aliphatic heterocycles. The molecular formula is C22H31N5O4S. The molecule has 2 amide bonds. The standard InChI is InChI=1S/C22H31N5O4S/c1-22(2,3)19(21(30)26-12-15(28)10-16(26)20(29)23-4)27-11-14(24-25-27)13-32-18-9-7-6-8-17(18)31-5/h6-9,11,15-16,19,28H,10,12-13H2,1-5H3,(H,23,29)/t15?,16-,19?/m1/s1. The van der Waals surface area contributed by atoms with E-state index in [0.717, 1.165) is 16.3 Å². The number of thioether (sulfide) groups is 1. The zero-order chi connectivity index (χ0) is 23.5. The van der Waals surface area contributed by atoms with Crippen molar-refractivity contribution in [1.82, 2.24) is 25.2 Å². The summed E-state index contributed by atoms with van der Waals surface area (Å²) < 4.78 is 6.97. The van der Waals surface area contributed by atoms with E-state index < -0.39 is 23.6 Å². The number of aliphatic hydroxyl groups excluding tert-OH is 1.